The van der Waals surface area contributed by atoms with Crippen LogP contribution in [0.5, 0.6) is 17.2 Å². The van der Waals surface area contributed by atoms with E-state index in [2.05, 4.69) is 5.32 Å². The van der Waals surface area contributed by atoms with Gasteiger partial charge in [-0.1, -0.05) is 23.2 Å². The van der Waals surface area contributed by atoms with Gasteiger partial charge in [-0.05, 0) is 53.7 Å². The average Bonchev–Trinajstić information content (AvgIpc) is 2.98. The lowest BCUT2D eigenvalue weighted by Crippen LogP contribution is -2.36. The van der Waals surface area contributed by atoms with Crippen LogP contribution in [0.1, 0.15) is 5.56 Å². The van der Waals surface area contributed by atoms with Crippen molar-refractivity contribution in [2.24, 2.45) is 0 Å². The monoisotopic (exact) mass is 482 g/mol. The Morgan fingerprint density at radius 2 is 1.84 bits per heavy atom. The van der Waals surface area contributed by atoms with Crippen LogP contribution in [-0.4, -0.2) is 47.8 Å². The minimum Gasteiger partial charge on any atom is -0.503 e. The third-order valence-electron chi connectivity index (χ3n) is 4.18. The number of ether oxygens (including phenoxy) is 2. The molecule has 3 amide bonds. The number of halogens is 2. The molecule has 1 aliphatic heterocycles. The molecule has 0 spiro atoms. The predicted octanol–water partition coefficient (Wildman–Crippen LogP) is 4.39. The summed E-state index contributed by atoms with van der Waals surface area (Å²) >= 11 is 12.7. The first-order chi connectivity index (χ1) is 14.7. The van der Waals surface area contributed by atoms with Crippen molar-refractivity contribution in [3.63, 3.8) is 0 Å². The van der Waals surface area contributed by atoms with Gasteiger partial charge in [-0.15, -0.1) is 0 Å². The molecular formula is C20H16Cl2N2O6S. The van der Waals surface area contributed by atoms with Crippen molar-refractivity contribution in [1.29, 1.82) is 0 Å². The van der Waals surface area contributed by atoms with Gasteiger partial charge in [0, 0.05) is 5.69 Å². The molecule has 8 nitrogen and oxygen atoms in total. The quantitative estimate of drug-likeness (QED) is 0.587. The Bertz CT molecular complexity index is 1110. The average molecular weight is 483 g/mol. The number of rotatable bonds is 6. The second kappa shape index (κ2) is 9.51. The maximum absolute atomic E-state index is 12.6. The lowest BCUT2D eigenvalue weighted by atomic mass is 10.2. The molecule has 2 N–H and O–H groups in total. The first kappa shape index (κ1) is 22.8. The van der Waals surface area contributed by atoms with Crippen molar-refractivity contribution in [2.75, 3.05) is 26.1 Å². The molecule has 11 heteroatoms. The first-order valence-corrected chi connectivity index (χ1v) is 10.3. The van der Waals surface area contributed by atoms with E-state index in [1.807, 2.05) is 0 Å². The molecule has 0 bridgehead atoms. The normalized spacial score (nSPS) is 14.8. The highest BCUT2D eigenvalue weighted by molar-refractivity contribution is 8.18. The minimum absolute atomic E-state index is 0.0300. The zero-order valence-corrected chi connectivity index (χ0v) is 18.6. The smallest absolute Gasteiger partial charge is 0.294 e. The fourth-order valence-electron chi connectivity index (χ4n) is 2.71. The van der Waals surface area contributed by atoms with Crippen LogP contribution < -0.4 is 14.8 Å². The molecule has 2 aromatic rings. The van der Waals surface area contributed by atoms with Crippen molar-refractivity contribution in [3.8, 4) is 17.2 Å². The number of anilines is 1. The van der Waals surface area contributed by atoms with Crippen LogP contribution in [-0.2, 0) is 9.59 Å². The topological polar surface area (TPSA) is 105 Å². The van der Waals surface area contributed by atoms with Gasteiger partial charge in [0.05, 0.1) is 29.2 Å². The SMILES string of the molecule is COc1ccc(NC(=O)CN2C(=O)SC(=Cc3cc(Cl)c(O)c(OC)c3)C2=O)cc1Cl. The molecule has 31 heavy (non-hydrogen) atoms. The molecular weight excluding hydrogens is 467 g/mol. The van der Waals surface area contributed by atoms with Crippen LogP contribution in [0.15, 0.2) is 35.2 Å². The number of carbonyl (C=O) groups is 3. The fraction of sp³-hybridized carbons (Fsp3) is 0.150. The van der Waals surface area contributed by atoms with E-state index in [4.69, 9.17) is 32.7 Å². The fourth-order valence-corrected chi connectivity index (χ4v) is 4.02. The number of methoxy groups -OCH3 is 2. The zero-order valence-electron chi connectivity index (χ0n) is 16.3. The van der Waals surface area contributed by atoms with E-state index in [-0.39, 0.29) is 21.4 Å². The van der Waals surface area contributed by atoms with Crippen molar-refractivity contribution < 1.29 is 29.0 Å². The van der Waals surface area contributed by atoms with Gasteiger partial charge in [-0.3, -0.25) is 19.3 Å². The van der Waals surface area contributed by atoms with E-state index in [1.165, 1.54) is 38.5 Å². The van der Waals surface area contributed by atoms with E-state index in [1.54, 1.807) is 12.1 Å². The molecule has 0 saturated carbocycles. The van der Waals surface area contributed by atoms with Gasteiger partial charge in [0.25, 0.3) is 11.1 Å². The molecule has 1 fully saturated rings. The Labute approximate surface area is 191 Å². The number of amides is 3. The number of aromatic hydroxyl groups is 1. The van der Waals surface area contributed by atoms with Crippen molar-refractivity contribution in [3.05, 3.63) is 50.8 Å². The van der Waals surface area contributed by atoms with Crippen LogP contribution in [0.3, 0.4) is 0 Å². The molecule has 1 aliphatic rings. The molecule has 1 saturated heterocycles. The summed E-state index contributed by atoms with van der Waals surface area (Å²) in [5, 5.41) is 12.1. The van der Waals surface area contributed by atoms with Crippen LogP contribution in [0, 0.1) is 0 Å². The summed E-state index contributed by atoms with van der Waals surface area (Å²) in [6, 6.07) is 7.55. The minimum atomic E-state index is -0.624. The number of hydrogen-bond donors (Lipinski definition) is 2. The summed E-state index contributed by atoms with van der Waals surface area (Å²) in [5.41, 5.74) is 0.839. The van der Waals surface area contributed by atoms with Crippen molar-refractivity contribution in [2.45, 2.75) is 0 Å². The molecule has 0 unspecified atom stereocenters. The highest BCUT2D eigenvalue weighted by atomic mass is 35.5. The van der Waals surface area contributed by atoms with E-state index >= 15 is 0 Å². The molecule has 0 aliphatic carbocycles. The molecule has 0 radical (unpaired) electrons. The molecule has 162 valence electrons. The highest BCUT2D eigenvalue weighted by Gasteiger charge is 2.36. The molecule has 2 aromatic carbocycles. The standard InChI is InChI=1S/C20H16Cl2N2O6S/c1-29-14-4-3-11(8-12(14)21)23-17(25)9-24-19(27)16(31-20(24)28)7-10-5-13(22)18(26)15(6-10)30-2/h3-8,26H,9H2,1-2H3,(H,23,25). The lowest BCUT2D eigenvalue weighted by molar-refractivity contribution is -0.127. The Kier molecular flexibility index (Phi) is 6.99. The maximum Gasteiger partial charge on any atom is 0.294 e. The van der Waals surface area contributed by atoms with Crippen molar-refractivity contribution in [1.82, 2.24) is 4.90 Å². The third kappa shape index (κ3) is 5.07. The number of hydrogen-bond acceptors (Lipinski definition) is 7. The summed E-state index contributed by atoms with van der Waals surface area (Å²) < 4.78 is 10.1. The van der Waals surface area contributed by atoms with E-state index in [0.29, 0.717) is 33.8 Å². The number of nitrogens with one attached hydrogen (secondary N) is 1. The molecule has 0 atom stereocenters. The van der Waals surface area contributed by atoms with E-state index in [0.717, 1.165) is 4.90 Å². The molecule has 0 aromatic heterocycles. The van der Waals surface area contributed by atoms with E-state index in [9.17, 15) is 19.5 Å². The molecule has 1 heterocycles. The largest absolute Gasteiger partial charge is 0.503 e. The van der Waals surface area contributed by atoms with Gasteiger partial charge >= 0.3 is 0 Å². The number of nitrogens with zero attached hydrogens (tertiary/aromatic N) is 1. The number of carbonyl (C=O) groups excluding carboxylic acids is 3. The van der Waals surface area contributed by atoms with Crippen LogP contribution in [0.4, 0.5) is 10.5 Å². The Morgan fingerprint density at radius 1 is 1.13 bits per heavy atom. The second-order valence-corrected chi connectivity index (χ2v) is 8.03. The second-order valence-electron chi connectivity index (χ2n) is 6.22. The first-order valence-electron chi connectivity index (χ1n) is 8.68. The van der Waals surface area contributed by atoms with Gasteiger partial charge in [-0.25, -0.2) is 0 Å². The Hall–Kier alpha value is -2.88. The van der Waals surface area contributed by atoms with Gasteiger partial charge in [-0.2, -0.15) is 0 Å². The molecule has 3 rings (SSSR count). The lowest BCUT2D eigenvalue weighted by Gasteiger charge is -2.13. The number of imide groups is 1. The number of phenols is 1. The third-order valence-corrected chi connectivity index (χ3v) is 5.67. The summed E-state index contributed by atoms with van der Waals surface area (Å²) in [7, 11) is 2.83. The van der Waals surface area contributed by atoms with Gasteiger partial charge < -0.3 is 19.9 Å². The van der Waals surface area contributed by atoms with Crippen LogP contribution in [0.25, 0.3) is 6.08 Å². The number of thioether (sulfide) groups is 1. The summed E-state index contributed by atoms with van der Waals surface area (Å²) in [5.74, 6) is -0.859. The van der Waals surface area contributed by atoms with Gasteiger partial charge in [0.1, 0.15) is 12.3 Å². The predicted molar refractivity (Wildman–Crippen MR) is 119 cm³/mol. The summed E-state index contributed by atoms with van der Waals surface area (Å²) in [6.45, 7) is -0.467. The van der Waals surface area contributed by atoms with Gasteiger partial charge in [0.15, 0.2) is 11.5 Å². The highest BCUT2D eigenvalue weighted by Crippen LogP contribution is 2.38. The van der Waals surface area contributed by atoms with Crippen LogP contribution >= 0.6 is 35.0 Å². The number of benzene rings is 2. The number of phenolic OH excluding ortho intramolecular Hbond substituents is 1. The van der Waals surface area contributed by atoms with Crippen LogP contribution in [0.2, 0.25) is 10.0 Å². The van der Waals surface area contributed by atoms with E-state index < -0.39 is 23.6 Å². The zero-order chi connectivity index (χ0) is 22.7. The van der Waals surface area contributed by atoms with Crippen molar-refractivity contribution >= 4 is 63.8 Å². The summed E-state index contributed by atoms with van der Waals surface area (Å²) in [4.78, 5) is 38.2. The van der Waals surface area contributed by atoms with Gasteiger partial charge in [0.2, 0.25) is 5.91 Å². The summed E-state index contributed by atoms with van der Waals surface area (Å²) in [6.07, 6.45) is 1.43. The Morgan fingerprint density at radius 3 is 2.48 bits per heavy atom. The Balaban J connectivity index is 1.73. The maximum atomic E-state index is 12.6.